The molecule has 100 valence electrons. The summed E-state index contributed by atoms with van der Waals surface area (Å²) in [6.07, 6.45) is 0. The minimum absolute atomic E-state index is 0.0263. The van der Waals surface area contributed by atoms with Gasteiger partial charge in [-0.2, -0.15) is 0 Å². The summed E-state index contributed by atoms with van der Waals surface area (Å²) in [5, 5.41) is 0. The first-order valence-electron chi connectivity index (χ1n) is 6.80. The predicted molar refractivity (Wildman–Crippen MR) is 82.6 cm³/mol. The van der Waals surface area contributed by atoms with E-state index in [4.69, 9.17) is 0 Å². The number of hydrogen-bond donors (Lipinski definition) is 0. The monoisotopic (exact) mass is 253 g/mol. The number of aryl methyl sites for hydroxylation is 1. The molecule has 0 aromatic heterocycles. The number of rotatable bonds is 4. The topological polar surface area (TPSA) is 3.24 Å². The van der Waals surface area contributed by atoms with Gasteiger partial charge in [-0.1, -0.05) is 67.1 Å². The van der Waals surface area contributed by atoms with Gasteiger partial charge in [-0.3, -0.25) is 0 Å². The van der Waals surface area contributed by atoms with Crippen molar-refractivity contribution in [2.75, 3.05) is 20.6 Å². The fraction of sp³-hybridized carbons (Fsp3) is 0.333. The van der Waals surface area contributed by atoms with Gasteiger partial charge in [0.2, 0.25) is 0 Å². The van der Waals surface area contributed by atoms with Crippen molar-refractivity contribution < 1.29 is 0 Å². The quantitative estimate of drug-likeness (QED) is 0.799. The highest BCUT2D eigenvalue weighted by Crippen LogP contribution is 2.32. The molecule has 0 heterocycles. The molecule has 1 unspecified atom stereocenters. The number of likely N-dealkylation sites (N-methyl/N-ethyl adjacent to an activating group) is 1. The molecule has 1 nitrogen and oxygen atoms in total. The molecule has 2 rings (SSSR count). The largest absolute Gasteiger partial charge is 0.308 e. The van der Waals surface area contributed by atoms with E-state index in [2.05, 4.69) is 87.4 Å². The molecule has 0 fully saturated rings. The van der Waals surface area contributed by atoms with Gasteiger partial charge in [0.15, 0.2) is 0 Å². The molecular formula is C18H23N. The molecule has 1 heteroatoms. The van der Waals surface area contributed by atoms with E-state index in [1.165, 1.54) is 16.7 Å². The lowest BCUT2D eigenvalue weighted by atomic mass is 9.75. The van der Waals surface area contributed by atoms with Crippen molar-refractivity contribution in [3.63, 3.8) is 0 Å². The molecule has 0 saturated heterocycles. The SMILES string of the molecule is Cc1ccc(C(C)(CN(C)C)c2ccccc2)cc1. The van der Waals surface area contributed by atoms with Crippen LogP contribution in [0.15, 0.2) is 54.6 Å². The van der Waals surface area contributed by atoms with E-state index in [-0.39, 0.29) is 5.41 Å². The first-order chi connectivity index (χ1) is 9.02. The van der Waals surface area contributed by atoms with Crippen molar-refractivity contribution in [1.29, 1.82) is 0 Å². The third-order valence-electron chi connectivity index (χ3n) is 3.73. The summed E-state index contributed by atoms with van der Waals surface area (Å²) in [6, 6.07) is 19.7. The second kappa shape index (κ2) is 5.58. The number of nitrogens with zero attached hydrogens (tertiary/aromatic N) is 1. The second-order valence-electron chi connectivity index (χ2n) is 5.80. The van der Waals surface area contributed by atoms with Crippen LogP contribution in [0.3, 0.4) is 0 Å². The standard InChI is InChI=1S/C18H23N/c1-15-10-12-17(13-11-15)18(2,14-19(3)4)16-8-6-5-7-9-16/h5-13H,14H2,1-4H3. The lowest BCUT2D eigenvalue weighted by Gasteiger charge is -2.34. The van der Waals surface area contributed by atoms with Gasteiger partial charge >= 0.3 is 0 Å². The fourth-order valence-corrected chi connectivity index (χ4v) is 2.71. The van der Waals surface area contributed by atoms with E-state index in [0.717, 1.165) is 6.54 Å². The molecule has 2 aromatic carbocycles. The minimum atomic E-state index is 0.0263. The summed E-state index contributed by atoms with van der Waals surface area (Å²) in [5.41, 5.74) is 4.08. The van der Waals surface area contributed by atoms with Crippen molar-refractivity contribution in [3.8, 4) is 0 Å². The molecule has 0 radical (unpaired) electrons. The average molecular weight is 253 g/mol. The first kappa shape index (κ1) is 13.8. The lowest BCUT2D eigenvalue weighted by molar-refractivity contribution is 0.332. The third-order valence-corrected chi connectivity index (χ3v) is 3.73. The number of benzene rings is 2. The molecule has 0 aliphatic rings. The molecule has 0 saturated carbocycles. The Balaban J connectivity index is 2.48. The Kier molecular flexibility index (Phi) is 4.06. The lowest BCUT2D eigenvalue weighted by Crippen LogP contribution is -2.36. The van der Waals surface area contributed by atoms with E-state index in [9.17, 15) is 0 Å². The summed E-state index contributed by atoms with van der Waals surface area (Å²) >= 11 is 0. The normalized spacial score (nSPS) is 14.4. The average Bonchev–Trinajstić information content (AvgIpc) is 2.39. The minimum Gasteiger partial charge on any atom is -0.308 e. The maximum atomic E-state index is 2.33. The molecule has 1 atom stereocenters. The zero-order chi connectivity index (χ0) is 13.9. The highest BCUT2D eigenvalue weighted by molar-refractivity contribution is 5.39. The molecule has 0 aliphatic heterocycles. The van der Waals surface area contributed by atoms with Crippen molar-refractivity contribution in [3.05, 3.63) is 71.3 Å². The molecule has 0 bridgehead atoms. The second-order valence-corrected chi connectivity index (χ2v) is 5.80. The Morgan fingerprint density at radius 2 is 1.37 bits per heavy atom. The zero-order valence-corrected chi connectivity index (χ0v) is 12.4. The van der Waals surface area contributed by atoms with Crippen molar-refractivity contribution in [2.24, 2.45) is 0 Å². The first-order valence-corrected chi connectivity index (χ1v) is 6.80. The molecule has 0 amide bonds. The molecule has 0 N–H and O–H groups in total. The van der Waals surface area contributed by atoms with E-state index in [1.54, 1.807) is 0 Å². The van der Waals surface area contributed by atoms with Crippen LogP contribution in [-0.2, 0) is 5.41 Å². The Labute approximate surface area is 116 Å². The van der Waals surface area contributed by atoms with Gasteiger partial charge in [-0.15, -0.1) is 0 Å². The van der Waals surface area contributed by atoms with Crippen LogP contribution in [0.4, 0.5) is 0 Å². The van der Waals surface area contributed by atoms with E-state index >= 15 is 0 Å². The predicted octanol–water partition coefficient (Wildman–Crippen LogP) is 3.86. The van der Waals surface area contributed by atoms with Gasteiger partial charge in [0.05, 0.1) is 0 Å². The third kappa shape index (κ3) is 3.05. The van der Waals surface area contributed by atoms with Gasteiger partial charge in [0, 0.05) is 12.0 Å². The Morgan fingerprint density at radius 3 is 1.89 bits per heavy atom. The fourth-order valence-electron chi connectivity index (χ4n) is 2.71. The van der Waals surface area contributed by atoms with Crippen LogP contribution in [0.2, 0.25) is 0 Å². The van der Waals surface area contributed by atoms with E-state index in [1.807, 2.05) is 0 Å². The Bertz CT molecular complexity index is 513. The molecule has 0 aliphatic carbocycles. The maximum Gasteiger partial charge on any atom is 0.0301 e. The highest BCUT2D eigenvalue weighted by atomic mass is 15.1. The number of hydrogen-bond acceptors (Lipinski definition) is 1. The van der Waals surface area contributed by atoms with E-state index in [0.29, 0.717) is 0 Å². The Morgan fingerprint density at radius 1 is 0.842 bits per heavy atom. The summed E-state index contributed by atoms with van der Waals surface area (Å²) in [4.78, 5) is 2.26. The molecule has 2 aromatic rings. The molecule has 0 spiro atoms. The van der Waals surface area contributed by atoms with Crippen LogP contribution >= 0.6 is 0 Å². The van der Waals surface area contributed by atoms with Gasteiger partial charge in [-0.05, 0) is 32.1 Å². The summed E-state index contributed by atoms with van der Waals surface area (Å²) in [5.74, 6) is 0. The highest BCUT2D eigenvalue weighted by Gasteiger charge is 2.29. The smallest absolute Gasteiger partial charge is 0.0301 e. The maximum absolute atomic E-state index is 2.33. The van der Waals surface area contributed by atoms with Crippen molar-refractivity contribution >= 4 is 0 Å². The van der Waals surface area contributed by atoms with E-state index < -0.39 is 0 Å². The van der Waals surface area contributed by atoms with Crippen LogP contribution in [0.5, 0.6) is 0 Å². The van der Waals surface area contributed by atoms with Crippen molar-refractivity contribution in [2.45, 2.75) is 19.3 Å². The van der Waals surface area contributed by atoms with Gasteiger partial charge in [0.1, 0.15) is 0 Å². The van der Waals surface area contributed by atoms with Gasteiger partial charge < -0.3 is 4.90 Å². The van der Waals surface area contributed by atoms with Crippen LogP contribution in [0, 0.1) is 6.92 Å². The van der Waals surface area contributed by atoms with Gasteiger partial charge in [0.25, 0.3) is 0 Å². The summed E-state index contributed by atoms with van der Waals surface area (Å²) in [6.45, 7) is 5.46. The molecular weight excluding hydrogens is 230 g/mol. The summed E-state index contributed by atoms with van der Waals surface area (Å²) in [7, 11) is 4.27. The zero-order valence-electron chi connectivity index (χ0n) is 12.4. The van der Waals surface area contributed by atoms with Gasteiger partial charge in [-0.25, -0.2) is 0 Å². The van der Waals surface area contributed by atoms with Crippen molar-refractivity contribution in [1.82, 2.24) is 4.90 Å². The van der Waals surface area contributed by atoms with Crippen LogP contribution < -0.4 is 0 Å². The summed E-state index contributed by atoms with van der Waals surface area (Å²) < 4.78 is 0. The van der Waals surface area contributed by atoms with Crippen LogP contribution in [0.1, 0.15) is 23.6 Å². The van der Waals surface area contributed by atoms with Crippen LogP contribution in [-0.4, -0.2) is 25.5 Å². The Hall–Kier alpha value is -1.60. The molecule has 19 heavy (non-hydrogen) atoms. The van der Waals surface area contributed by atoms with Crippen LogP contribution in [0.25, 0.3) is 0 Å².